The summed E-state index contributed by atoms with van der Waals surface area (Å²) in [6.07, 6.45) is 7.29. The van der Waals surface area contributed by atoms with Crippen molar-refractivity contribution in [2.75, 3.05) is 70.1 Å². The Morgan fingerprint density at radius 2 is 1.95 bits per heavy atom. The summed E-state index contributed by atoms with van der Waals surface area (Å²) < 4.78 is 19.1. The van der Waals surface area contributed by atoms with E-state index < -0.39 is 5.82 Å². The Labute approximate surface area is 238 Å². The van der Waals surface area contributed by atoms with Gasteiger partial charge in [0.15, 0.2) is 0 Å². The summed E-state index contributed by atoms with van der Waals surface area (Å²) in [5.74, 6) is 0.975. The molecule has 40 heavy (non-hydrogen) atoms. The minimum absolute atomic E-state index is 0.00404. The minimum atomic E-state index is -0.502. The molecule has 1 amide bonds. The van der Waals surface area contributed by atoms with Gasteiger partial charge >= 0.3 is 0 Å². The van der Waals surface area contributed by atoms with Crippen LogP contribution in [0, 0.1) is 11.7 Å². The number of hydrogen-bond donors (Lipinski definition) is 3. The van der Waals surface area contributed by atoms with Crippen molar-refractivity contribution in [2.45, 2.75) is 12.8 Å². The Hall–Kier alpha value is -3.31. The first kappa shape index (κ1) is 28.2. The third kappa shape index (κ3) is 7.25. The molecule has 212 valence electrons. The number of anilines is 3. The molecular weight excluding hydrogens is 533 g/mol. The number of piperidine rings is 1. The van der Waals surface area contributed by atoms with Crippen LogP contribution in [0.2, 0.25) is 5.02 Å². The third-order valence-corrected chi connectivity index (χ3v) is 7.75. The maximum atomic E-state index is 13.6. The van der Waals surface area contributed by atoms with E-state index in [9.17, 15) is 9.18 Å². The molecule has 3 N–H and O–H groups in total. The van der Waals surface area contributed by atoms with Crippen LogP contribution < -0.4 is 20.7 Å². The van der Waals surface area contributed by atoms with Crippen LogP contribution in [0.3, 0.4) is 0 Å². The van der Waals surface area contributed by atoms with Crippen molar-refractivity contribution >= 4 is 45.6 Å². The number of nitrogens with zero attached hydrogens (tertiary/aromatic N) is 4. The molecule has 2 fully saturated rings. The summed E-state index contributed by atoms with van der Waals surface area (Å²) in [6, 6.07) is 7.84. The number of carbonyl (C=O) groups excluding carboxylic acids is 1. The van der Waals surface area contributed by atoms with E-state index in [1.807, 2.05) is 6.08 Å². The highest BCUT2D eigenvalue weighted by atomic mass is 35.5. The summed E-state index contributed by atoms with van der Waals surface area (Å²) in [6.45, 7) is 8.52. The van der Waals surface area contributed by atoms with E-state index in [1.165, 1.54) is 37.8 Å². The maximum absolute atomic E-state index is 13.6. The van der Waals surface area contributed by atoms with E-state index in [0.29, 0.717) is 33.8 Å². The van der Waals surface area contributed by atoms with Crippen molar-refractivity contribution in [1.29, 1.82) is 0 Å². The number of amides is 1. The molecule has 0 spiro atoms. The van der Waals surface area contributed by atoms with Gasteiger partial charge in [0.25, 0.3) is 0 Å². The number of benzene rings is 2. The van der Waals surface area contributed by atoms with Crippen LogP contribution in [0.15, 0.2) is 48.8 Å². The quantitative estimate of drug-likeness (QED) is 0.330. The van der Waals surface area contributed by atoms with E-state index in [-0.39, 0.29) is 10.9 Å². The molecule has 2 saturated heterocycles. The summed E-state index contributed by atoms with van der Waals surface area (Å²) in [5.41, 5.74) is 1.69. The topological polar surface area (TPSA) is 94.7 Å². The number of rotatable bonds is 9. The van der Waals surface area contributed by atoms with Crippen molar-refractivity contribution in [3.05, 3.63) is 59.7 Å². The van der Waals surface area contributed by atoms with E-state index in [1.54, 1.807) is 31.4 Å². The van der Waals surface area contributed by atoms with Crippen LogP contribution in [0.25, 0.3) is 10.9 Å². The molecule has 0 unspecified atom stereocenters. The van der Waals surface area contributed by atoms with Crippen LogP contribution in [0.1, 0.15) is 12.8 Å². The molecule has 2 aromatic carbocycles. The number of piperazine rings is 1. The zero-order chi connectivity index (χ0) is 27.9. The molecule has 0 bridgehead atoms. The van der Waals surface area contributed by atoms with Gasteiger partial charge in [0.1, 0.15) is 23.7 Å². The predicted octanol–water partition coefficient (Wildman–Crippen LogP) is 4.29. The molecule has 3 heterocycles. The highest BCUT2D eigenvalue weighted by Gasteiger charge is 2.21. The lowest BCUT2D eigenvalue weighted by Crippen LogP contribution is -2.46. The number of likely N-dealkylation sites (tertiary alicyclic amines) is 1. The zero-order valence-electron chi connectivity index (χ0n) is 22.6. The summed E-state index contributed by atoms with van der Waals surface area (Å²) in [5, 5.41) is 10.1. The van der Waals surface area contributed by atoms with Crippen LogP contribution in [-0.2, 0) is 4.79 Å². The van der Waals surface area contributed by atoms with Crippen molar-refractivity contribution in [2.24, 2.45) is 5.92 Å². The number of hydrogen-bond acceptors (Lipinski definition) is 8. The zero-order valence-corrected chi connectivity index (χ0v) is 23.4. The van der Waals surface area contributed by atoms with Gasteiger partial charge in [0.2, 0.25) is 5.91 Å². The molecule has 0 saturated carbocycles. The lowest BCUT2D eigenvalue weighted by atomic mass is 9.96. The van der Waals surface area contributed by atoms with Gasteiger partial charge in [0.05, 0.1) is 23.3 Å². The standard InChI is InChI=1S/C29H35ClFN7O2/c1-40-27-17-25-22(29(34-19-33-25)35-21-4-5-24(31)23(30)15-21)16-26(27)36-28(39)3-2-10-37-11-6-20(7-12-37)18-38-13-8-32-9-14-38/h2-5,15-17,19-20,32H,6-14,18H2,1H3,(H,36,39)(H,33,34,35)/b3-2+. The van der Waals surface area contributed by atoms with Crippen molar-refractivity contribution < 1.29 is 13.9 Å². The first-order chi connectivity index (χ1) is 19.5. The number of carbonyl (C=O) groups is 1. The summed E-state index contributed by atoms with van der Waals surface area (Å²) >= 11 is 5.93. The Morgan fingerprint density at radius 1 is 1.15 bits per heavy atom. The van der Waals surface area contributed by atoms with Crippen molar-refractivity contribution in [3.63, 3.8) is 0 Å². The summed E-state index contributed by atoms with van der Waals surface area (Å²) in [4.78, 5) is 26.4. The highest BCUT2D eigenvalue weighted by molar-refractivity contribution is 6.31. The fraction of sp³-hybridized carbons (Fsp3) is 0.414. The highest BCUT2D eigenvalue weighted by Crippen LogP contribution is 2.33. The monoisotopic (exact) mass is 567 g/mol. The lowest BCUT2D eigenvalue weighted by Gasteiger charge is -2.35. The Morgan fingerprint density at radius 3 is 2.70 bits per heavy atom. The van der Waals surface area contributed by atoms with E-state index in [0.717, 1.165) is 51.7 Å². The number of halogens is 2. The largest absolute Gasteiger partial charge is 0.494 e. The van der Waals surface area contributed by atoms with Crippen LogP contribution in [0.4, 0.5) is 21.6 Å². The number of fused-ring (bicyclic) bond motifs is 1. The average molecular weight is 568 g/mol. The second kappa shape index (κ2) is 13.4. The lowest BCUT2D eigenvalue weighted by molar-refractivity contribution is -0.111. The van der Waals surface area contributed by atoms with Crippen molar-refractivity contribution in [3.8, 4) is 5.75 Å². The van der Waals surface area contributed by atoms with E-state index >= 15 is 0 Å². The molecular formula is C29H35ClFN7O2. The van der Waals surface area contributed by atoms with Gasteiger partial charge in [0, 0.05) is 62.5 Å². The molecule has 0 aliphatic carbocycles. The van der Waals surface area contributed by atoms with Gasteiger partial charge in [-0.1, -0.05) is 17.7 Å². The number of aromatic nitrogens is 2. The first-order valence-electron chi connectivity index (χ1n) is 13.7. The molecule has 3 aromatic rings. The molecule has 1 aromatic heterocycles. The Kier molecular flexibility index (Phi) is 9.43. The number of ether oxygens (including phenoxy) is 1. The fourth-order valence-electron chi connectivity index (χ4n) is 5.25. The SMILES string of the molecule is COc1cc2ncnc(Nc3ccc(F)c(Cl)c3)c2cc1NC(=O)/C=C/CN1CCC(CN2CCNCC2)CC1. The van der Waals surface area contributed by atoms with Gasteiger partial charge in [-0.15, -0.1) is 0 Å². The summed E-state index contributed by atoms with van der Waals surface area (Å²) in [7, 11) is 1.54. The predicted molar refractivity (Wildman–Crippen MR) is 157 cm³/mol. The smallest absolute Gasteiger partial charge is 0.248 e. The Bertz CT molecular complexity index is 1360. The van der Waals surface area contributed by atoms with Crippen molar-refractivity contribution in [1.82, 2.24) is 25.1 Å². The second-order valence-corrected chi connectivity index (χ2v) is 10.6. The van der Waals surface area contributed by atoms with Crippen LogP contribution in [0.5, 0.6) is 5.75 Å². The molecule has 0 atom stereocenters. The van der Waals surface area contributed by atoms with Gasteiger partial charge in [-0.05, 0) is 56.1 Å². The molecule has 11 heteroatoms. The van der Waals surface area contributed by atoms with Gasteiger partial charge in [-0.3, -0.25) is 9.69 Å². The normalized spacial score (nSPS) is 17.4. The number of nitrogens with one attached hydrogen (secondary N) is 3. The molecule has 9 nitrogen and oxygen atoms in total. The third-order valence-electron chi connectivity index (χ3n) is 7.46. The van der Waals surface area contributed by atoms with Gasteiger partial charge in [-0.2, -0.15) is 0 Å². The van der Waals surface area contributed by atoms with Gasteiger partial charge in [-0.25, -0.2) is 14.4 Å². The molecule has 2 aliphatic rings. The second-order valence-electron chi connectivity index (χ2n) is 10.2. The molecule has 0 radical (unpaired) electrons. The maximum Gasteiger partial charge on any atom is 0.248 e. The molecule has 5 rings (SSSR count). The average Bonchev–Trinajstić information content (AvgIpc) is 2.96. The minimum Gasteiger partial charge on any atom is -0.494 e. The van der Waals surface area contributed by atoms with Gasteiger partial charge < -0.3 is 25.6 Å². The first-order valence-corrected chi connectivity index (χ1v) is 14.0. The fourth-order valence-corrected chi connectivity index (χ4v) is 5.43. The van der Waals surface area contributed by atoms with Crippen LogP contribution in [-0.4, -0.2) is 85.1 Å². The van der Waals surface area contributed by atoms with Crippen LogP contribution >= 0.6 is 11.6 Å². The Balaban J connectivity index is 1.19. The van der Waals surface area contributed by atoms with E-state index in [4.69, 9.17) is 16.3 Å². The number of methoxy groups -OCH3 is 1. The van der Waals surface area contributed by atoms with E-state index in [2.05, 4.69) is 35.7 Å². The molecule has 2 aliphatic heterocycles.